The molecule has 26 heavy (non-hydrogen) atoms. The van der Waals surface area contributed by atoms with Gasteiger partial charge in [-0.15, -0.1) is 10.2 Å². The van der Waals surface area contributed by atoms with Crippen molar-refractivity contribution in [3.05, 3.63) is 66.2 Å². The van der Waals surface area contributed by atoms with Gasteiger partial charge in [-0.1, -0.05) is 36.4 Å². The number of pyridine rings is 1. The molecule has 0 bridgehead atoms. The molecule has 3 heterocycles. The number of carbonyl (C=O) groups is 1. The maximum Gasteiger partial charge on any atom is 0.223 e. The van der Waals surface area contributed by atoms with E-state index in [0.29, 0.717) is 25.9 Å². The number of rotatable bonds is 4. The van der Waals surface area contributed by atoms with Gasteiger partial charge in [0.2, 0.25) is 5.91 Å². The smallest absolute Gasteiger partial charge is 0.223 e. The van der Waals surface area contributed by atoms with Crippen LogP contribution in [0.2, 0.25) is 0 Å². The Balaban J connectivity index is 1.48. The number of benzene rings is 1. The van der Waals surface area contributed by atoms with E-state index in [-0.39, 0.29) is 11.9 Å². The summed E-state index contributed by atoms with van der Waals surface area (Å²) >= 11 is 0. The molecule has 0 N–H and O–H groups in total. The number of fused-ring (bicyclic) bond motifs is 1. The average molecular weight is 347 g/mol. The zero-order valence-corrected chi connectivity index (χ0v) is 14.7. The van der Waals surface area contributed by atoms with Crippen molar-refractivity contribution in [1.82, 2.24) is 24.6 Å². The molecule has 1 aliphatic rings. The lowest BCUT2D eigenvalue weighted by Crippen LogP contribution is -2.40. The minimum absolute atomic E-state index is 0.145. The number of aryl methyl sites for hydroxylation is 1. The minimum Gasteiger partial charge on any atom is -0.333 e. The van der Waals surface area contributed by atoms with E-state index in [1.807, 2.05) is 53.6 Å². The highest BCUT2D eigenvalue weighted by molar-refractivity contribution is 5.76. The zero-order chi connectivity index (χ0) is 17.9. The molecular weight excluding hydrogens is 326 g/mol. The molecule has 1 amide bonds. The predicted molar refractivity (Wildman–Crippen MR) is 98.1 cm³/mol. The van der Waals surface area contributed by atoms with E-state index in [1.54, 1.807) is 6.20 Å². The molecule has 3 aromatic rings. The normalized spacial score (nSPS) is 16.3. The summed E-state index contributed by atoms with van der Waals surface area (Å²) < 4.78 is 2.15. The molecule has 4 rings (SSSR count). The van der Waals surface area contributed by atoms with Gasteiger partial charge in [-0.05, 0) is 25.0 Å². The molecular formula is C20H21N5O. The molecule has 1 atom stereocenters. The molecule has 1 aromatic carbocycles. The van der Waals surface area contributed by atoms with Crippen molar-refractivity contribution in [3.8, 4) is 11.4 Å². The lowest BCUT2D eigenvalue weighted by molar-refractivity contribution is -0.133. The molecule has 1 aliphatic heterocycles. The van der Waals surface area contributed by atoms with E-state index < -0.39 is 0 Å². The zero-order valence-electron chi connectivity index (χ0n) is 14.7. The van der Waals surface area contributed by atoms with Crippen LogP contribution in [0.1, 0.15) is 30.8 Å². The SMILES string of the molecule is C[C@H]1CN(C(=O)CCc2cccnc2)Cc2nnc(-c3ccccc3)n21. The fourth-order valence-corrected chi connectivity index (χ4v) is 3.46. The maximum absolute atomic E-state index is 12.7. The predicted octanol–water partition coefficient (Wildman–Crippen LogP) is 2.88. The van der Waals surface area contributed by atoms with E-state index >= 15 is 0 Å². The molecule has 6 nitrogen and oxygen atoms in total. The summed E-state index contributed by atoms with van der Waals surface area (Å²) in [6.07, 6.45) is 4.75. The second-order valence-corrected chi connectivity index (χ2v) is 6.66. The summed E-state index contributed by atoms with van der Waals surface area (Å²) in [4.78, 5) is 18.6. The largest absolute Gasteiger partial charge is 0.333 e. The molecule has 6 heteroatoms. The quantitative estimate of drug-likeness (QED) is 0.728. The van der Waals surface area contributed by atoms with Gasteiger partial charge in [0.25, 0.3) is 0 Å². The Kier molecular flexibility index (Phi) is 4.48. The van der Waals surface area contributed by atoms with Gasteiger partial charge in [0, 0.05) is 30.9 Å². The summed E-state index contributed by atoms with van der Waals surface area (Å²) in [5.41, 5.74) is 2.13. The second-order valence-electron chi connectivity index (χ2n) is 6.66. The number of hydrogen-bond acceptors (Lipinski definition) is 4. The first kappa shape index (κ1) is 16.4. The molecule has 2 aromatic heterocycles. The van der Waals surface area contributed by atoms with Crippen LogP contribution in [0.5, 0.6) is 0 Å². The standard InChI is InChI=1S/C20H21N5O/c1-15-13-24(19(26)10-9-16-6-5-11-21-12-16)14-18-22-23-20(25(15)18)17-7-3-2-4-8-17/h2-8,11-12,15H,9-10,13-14H2,1H3/t15-/m0/s1. The van der Waals surface area contributed by atoms with Crippen molar-refractivity contribution in [2.24, 2.45) is 0 Å². The molecule has 0 saturated carbocycles. The van der Waals surface area contributed by atoms with Gasteiger partial charge < -0.3 is 9.47 Å². The van der Waals surface area contributed by atoms with Crippen LogP contribution in [0.15, 0.2) is 54.9 Å². The van der Waals surface area contributed by atoms with Crippen molar-refractivity contribution in [2.75, 3.05) is 6.54 Å². The average Bonchev–Trinajstić information content (AvgIpc) is 3.12. The number of amides is 1. The maximum atomic E-state index is 12.7. The summed E-state index contributed by atoms with van der Waals surface area (Å²) in [5.74, 6) is 1.86. The molecule has 0 spiro atoms. The van der Waals surface area contributed by atoms with Gasteiger partial charge in [-0.25, -0.2) is 0 Å². The first-order valence-corrected chi connectivity index (χ1v) is 8.88. The van der Waals surface area contributed by atoms with Crippen molar-refractivity contribution >= 4 is 5.91 Å². The number of aromatic nitrogens is 4. The Morgan fingerprint density at radius 3 is 2.77 bits per heavy atom. The van der Waals surface area contributed by atoms with Crippen LogP contribution >= 0.6 is 0 Å². The highest BCUT2D eigenvalue weighted by atomic mass is 16.2. The first-order chi connectivity index (χ1) is 12.7. The van der Waals surface area contributed by atoms with Gasteiger partial charge in [-0.3, -0.25) is 9.78 Å². The number of carbonyl (C=O) groups excluding carboxylic acids is 1. The molecule has 0 aliphatic carbocycles. The fourth-order valence-electron chi connectivity index (χ4n) is 3.46. The fraction of sp³-hybridized carbons (Fsp3) is 0.300. The van der Waals surface area contributed by atoms with E-state index in [1.165, 1.54) is 0 Å². The Morgan fingerprint density at radius 2 is 2.00 bits per heavy atom. The van der Waals surface area contributed by atoms with Crippen LogP contribution in [-0.2, 0) is 17.8 Å². The highest BCUT2D eigenvalue weighted by Crippen LogP contribution is 2.27. The van der Waals surface area contributed by atoms with Crippen molar-refractivity contribution in [1.29, 1.82) is 0 Å². The molecule has 132 valence electrons. The lowest BCUT2D eigenvalue weighted by Gasteiger charge is -2.32. The Bertz CT molecular complexity index is 891. The topological polar surface area (TPSA) is 63.9 Å². The molecule has 0 unspecified atom stereocenters. The lowest BCUT2D eigenvalue weighted by atomic mass is 10.1. The third-order valence-electron chi connectivity index (χ3n) is 4.76. The van der Waals surface area contributed by atoms with E-state index in [9.17, 15) is 4.79 Å². The summed E-state index contributed by atoms with van der Waals surface area (Å²) in [6.45, 7) is 3.30. The van der Waals surface area contributed by atoms with Crippen LogP contribution in [0.4, 0.5) is 0 Å². The van der Waals surface area contributed by atoms with Gasteiger partial charge in [-0.2, -0.15) is 0 Å². The van der Waals surface area contributed by atoms with Crippen LogP contribution in [0.25, 0.3) is 11.4 Å². The first-order valence-electron chi connectivity index (χ1n) is 8.88. The van der Waals surface area contributed by atoms with Crippen molar-refractivity contribution in [2.45, 2.75) is 32.4 Å². The van der Waals surface area contributed by atoms with E-state index in [0.717, 1.165) is 22.8 Å². The Morgan fingerprint density at radius 1 is 1.15 bits per heavy atom. The van der Waals surface area contributed by atoms with Gasteiger partial charge in [0.05, 0.1) is 12.6 Å². The summed E-state index contributed by atoms with van der Waals surface area (Å²) in [6, 6.07) is 14.1. The van der Waals surface area contributed by atoms with Crippen LogP contribution in [0, 0.1) is 0 Å². The number of hydrogen-bond donors (Lipinski definition) is 0. The third-order valence-corrected chi connectivity index (χ3v) is 4.76. The second kappa shape index (κ2) is 7.07. The third kappa shape index (κ3) is 3.22. The molecule has 0 fully saturated rings. The van der Waals surface area contributed by atoms with Crippen molar-refractivity contribution < 1.29 is 4.79 Å². The van der Waals surface area contributed by atoms with Crippen LogP contribution < -0.4 is 0 Å². The van der Waals surface area contributed by atoms with E-state index in [4.69, 9.17) is 0 Å². The monoisotopic (exact) mass is 347 g/mol. The minimum atomic E-state index is 0.145. The van der Waals surface area contributed by atoms with Gasteiger partial charge >= 0.3 is 0 Å². The van der Waals surface area contributed by atoms with E-state index in [2.05, 4.69) is 26.7 Å². The Labute approximate surface area is 152 Å². The molecule has 0 saturated heterocycles. The Hall–Kier alpha value is -3.02. The molecule has 0 radical (unpaired) electrons. The van der Waals surface area contributed by atoms with Crippen molar-refractivity contribution in [3.63, 3.8) is 0 Å². The van der Waals surface area contributed by atoms with Gasteiger partial charge in [0.15, 0.2) is 11.6 Å². The van der Waals surface area contributed by atoms with Gasteiger partial charge in [0.1, 0.15) is 0 Å². The highest BCUT2D eigenvalue weighted by Gasteiger charge is 2.29. The summed E-state index contributed by atoms with van der Waals surface area (Å²) in [7, 11) is 0. The van der Waals surface area contributed by atoms with Crippen LogP contribution in [-0.4, -0.2) is 37.1 Å². The summed E-state index contributed by atoms with van der Waals surface area (Å²) in [5, 5.41) is 8.72. The number of nitrogens with zero attached hydrogens (tertiary/aromatic N) is 5. The van der Waals surface area contributed by atoms with Crippen LogP contribution in [0.3, 0.4) is 0 Å².